The molecule has 2 heteroatoms. The highest BCUT2D eigenvalue weighted by atomic mass is 16.5. The average Bonchev–Trinajstić information content (AvgIpc) is 2.97. The quantitative estimate of drug-likeness (QED) is 0.587. The van der Waals surface area contributed by atoms with Crippen molar-refractivity contribution in [3.05, 3.63) is 0 Å². The van der Waals surface area contributed by atoms with Crippen LogP contribution in [0.4, 0.5) is 0 Å². The third kappa shape index (κ3) is 2.52. The van der Waals surface area contributed by atoms with Gasteiger partial charge in [-0.05, 0) is 91.8 Å². The second-order valence-corrected chi connectivity index (χ2v) is 10.4. The molecule has 0 amide bonds. The number of esters is 1. The van der Waals surface area contributed by atoms with Crippen LogP contribution in [0.2, 0.25) is 0 Å². The summed E-state index contributed by atoms with van der Waals surface area (Å²) in [6.07, 6.45) is 14.2. The van der Waals surface area contributed by atoms with E-state index in [0.29, 0.717) is 16.7 Å². The van der Waals surface area contributed by atoms with E-state index >= 15 is 0 Å². The highest BCUT2D eigenvalue weighted by Crippen LogP contribution is 2.68. The van der Waals surface area contributed by atoms with E-state index in [1.165, 1.54) is 64.2 Å². The van der Waals surface area contributed by atoms with Gasteiger partial charge in [-0.1, -0.05) is 33.6 Å². The summed E-state index contributed by atoms with van der Waals surface area (Å²) < 4.78 is 5.10. The first kappa shape index (κ1) is 17.9. The fourth-order valence-electron chi connectivity index (χ4n) is 8.51. The lowest BCUT2D eigenvalue weighted by atomic mass is 9.44. The zero-order chi connectivity index (χ0) is 17.8. The molecule has 0 aliphatic heterocycles. The highest BCUT2D eigenvalue weighted by Gasteiger charge is 2.60. The van der Waals surface area contributed by atoms with Crippen LogP contribution in [0.5, 0.6) is 0 Å². The van der Waals surface area contributed by atoms with Crippen LogP contribution in [-0.4, -0.2) is 13.1 Å². The van der Waals surface area contributed by atoms with Crippen molar-refractivity contribution in [2.24, 2.45) is 46.3 Å². The van der Waals surface area contributed by atoms with Crippen molar-refractivity contribution in [3.8, 4) is 0 Å². The van der Waals surface area contributed by atoms with Gasteiger partial charge in [-0.25, -0.2) is 0 Å². The van der Waals surface area contributed by atoms with E-state index in [1.54, 1.807) is 7.11 Å². The van der Waals surface area contributed by atoms with Gasteiger partial charge in [0, 0.05) is 0 Å². The monoisotopic (exact) mass is 346 g/mol. The number of carbonyl (C=O) groups is 1. The molecule has 0 saturated heterocycles. The molecule has 8 atom stereocenters. The Labute approximate surface area is 154 Å². The molecule has 4 aliphatic carbocycles. The second kappa shape index (κ2) is 6.27. The maximum absolute atomic E-state index is 12.2. The van der Waals surface area contributed by atoms with Gasteiger partial charge in [0.1, 0.15) is 0 Å². The van der Waals surface area contributed by atoms with Crippen molar-refractivity contribution in [1.82, 2.24) is 0 Å². The number of ether oxygens (including phenoxy) is 1. The predicted octanol–water partition coefficient (Wildman–Crippen LogP) is 5.84. The van der Waals surface area contributed by atoms with Crippen molar-refractivity contribution in [2.75, 3.05) is 7.11 Å². The van der Waals surface area contributed by atoms with Gasteiger partial charge in [-0.15, -0.1) is 0 Å². The molecule has 142 valence electrons. The molecule has 0 aromatic rings. The van der Waals surface area contributed by atoms with Crippen molar-refractivity contribution in [1.29, 1.82) is 0 Å². The standard InChI is InChI=1S/C23H38O2/c1-15(21(24)25-4)18-10-11-19-17-9-8-16-7-5-6-13-22(16,2)20(17)12-14-23(18,19)3/h15-20H,5-14H2,1-4H3. The Bertz CT molecular complexity index is 528. The minimum atomic E-state index is 0.0111. The lowest BCUT2D eigenvalue weighted by Gasteiger charge is -2.60. The van der Waals surface area contributed by atoms with Gasteiger partial charge in [-0.3, -0.25) is 4.79 Å². The van der Waals surface area contributed by atoms with Gasteiger partial charge < -0.3 is 4.74 Å². The molecule has 0 spiro atoms. The Hall–Kier alpha value is -0.530. The maximum atomic E-state index is 12.2. The van der Waals surface area contributed by atoms with Crippen molar-refractivity contribution in [2.45, 2.75) is 85.0 Å². The summed E-state index contributed by atoms with van der Waals surface area (Å²) in [5.74, 6) is 4.34. The fraction of sp³-hybridized carbons (Fsp3) is 0.957. The molecule has 0 bridgehead atoms. The second-order valence-electron chi connectivity index (χ2n) is 10.4. The summed E-state index contributed by atoms with van der Waals surface area (Å²) in [7, 11) is 1.55. The first-order valence-electron chi connectivity index (χ1n) is 11.0. The molecule has 4 fully saturated rings. The molecule has 0 aromatic heterocycles. The number of hydrogen-bond donors (Lipinski definition) is 0. The molecule has 0 radical (unpaired) electrons. The van der Waals surface area contributed by atoms with Gasteiger partial charge in [0.2, 0.25) is 0 Å². The topological polar surface area (TPSA) is 26.3 Å². The summed E-state index contributed by atoms with van der Waals surface area (Å²) in [6.45, 7) is 7.30. The Morgan fingerprint density at radius 1 is 0.920 bits per heavy atom. The number of carbonyl (C=O) groups excluding carboxylic acids is 1. The highest BCUT2D eigenvalue weighted by molar-refractivity contribution is 5.72. The molecule has 8 unspecified atom stereocenters. The van der Waals surface area contributed by atoms with Crippen LogP contribution >= 0.6 is 0 Å². The molecular weight excluding hydrogens is 308 g/mol. The fourth-order valence-corrected chi connectivity index (χ4v) is 8.51. The summed E-state index contributed by atoms with van der Waals surface area (Å²) in [6, 6.07) is 0. The third-order valence-corrected chi connectivity index (χ3v) is 9.83. The van der Waals surface area contributed by atoms with Gasteiger partial charge in [0.05, 0.1) is 13.0 Å². The summed E-state index contributed by atoms with van der Waals surface area (Å²) in [5, 5.41) is 0. The molecule has 4 saturated carbocycles. The SMILES string of the molecule is COC(=O)C(C)C1CCC2C3CCC4CCCCC4(C)C3CCC12C. The van der Waals surface area contributed by atoms with Crippen LogP contribution in [0.25, 0.3) is 0 Å². The molecule has 2 nitrogen and oxygen atoms in total. The van der Waals surface area contributed by atoms with Crippen LogP contribution < -0.4 is 0 Å². The van der Waals surface area contributed by atoms with E-state index in [4.69, 9.17) is 4.74 Å². The number of hydrogen-bond acceptors (Lipinski definition) is 2. The zero-order valence-electron chi connectivity index (χ0n) is 16.9. The Balaban J connectivity index is 1.58. The van der Waals surface area contributed by atoms with E-state index in [1.807, 2.05) is 0 Å². The Morgan fingerprint density at radius 2 is 1.68 bits per heavy atom. The molecule has 4 aliphatic rings. The summed E-state index contributed by atoms with van der Waals surface area (Å²) in [4.78, 5) is 12.2. The molecule has 0 heterocycles. The zero-order valence-corrected chi connectivity index (χ0v) is 16.9. The van der Waals surface area contributed by atoms with Gasteiger partial charge >= 0.3 is 5.97 Å². The van der Waals surface area contributed by atoms with Gasteiger partial charge in [-0.2, -0.15) is 0 Å². The third-order valence-electron chi connectivity index (χ3n) is 9.83. The van der Waals surface area contributed by atoms with Crippen molar-refractivity contribution in [3.63, 3.8) is 0 Å². The largest absolute Gasteiger partial charge is 0.469 e. The predicted molar refractivity (Wildman–Crippen MR) is 101 cm³/mol. The van der Waals surface area contributed by atoms with E-state index < -0.39 is 0 Å². The normalized spacial score (nSPS) is 50.3. The van der Waals surface area contributed by atoms with Gasteiger partial charge in [0.15, 0.2) is 0 Å². The first-order chi connectivity index (χ1) is 11.9. The van der Waals surface area contributed by atoms with Crippen LogP contribution in [-0.2, 0) is 9.53 Å². The molecule has 0 N–H and O–H groups in total. The number of methoxy groups -OCH3 is 1. The number of rotatable bonds is 2. The lowest BCUT2D eigenvalue weighted by Crippen LogP contribution is -2.53. The average molecular weight is 347 g/mol. The lowest BCUT2D eigenvalue weighted by molar-refractivity contribution is -0.151. The van der Waals surface area contributed by atoms with Crippen LogP contribution in [0.15, 0.2) is 0 Å². The maximum Gasteiger partial charge on any atom is 0.308 e. The first-order valence-corrected chi connectivity index (χ1v) is 11.0. The minimum absolute atomic E-state index is 0.0111. The summed E-state index contributed by atoms with van der Waals surface area (Å²) in [5.41, 5.74) is 0.987. The van der Waals surface area contributed by atoms with Crippen molar-refractivity contribution < 1.29 is 9.53 Å². The van der Waals surface area contributed by atoms with E-state index in [0.717, 1.165) is 23.7 Å². The molecular formula is C23H38O2. The van der Waals surface area contributed by atoms with Crippen LogP contribution in [0.3, 0.4) is 0 Å². The van der Waals surface area contributed by atoms with Gasteiger partial charge in [0.25, 0.3) is 0 Å². The van der Waals surface area contributed by atoms with Crippen LogP contribution in [0.1, 0.15) is 85.0 Å². The Kier molecular flexibility index (Phi) is 4.48. The van der Waals surface area contributed by atoms with E-state index in [9.17, 15) is 4.79 Å². The smallest absolute Gasteiger partial charge is 0.308 e. The Morgan fingerprint density at radius 3 is 2.44 bits per heavy atom. The molecule has 4 rings (SSSR count). The molecule has 25 heavy (non-hydrogen) atoms. The van der Waals surface area contributed by atoms with E-state index in [-0.39, 0.29) is 11.9 Å². The minimum Gasteiger partial charge on any atom is -0.469 e. The number of fused-ring (bicyclic) bond motifs is 5. The van der Waals surface area contributed by atoms with E-state index in [2.05, 4.69) is 20.8 Å². The van der Waals surface area contributed by atoms with Crippen molar-refractivity contribution >= 4 is 5.97 Å². The molecule has 0 aromatic carbocycles. The summed E-state index contributed by atoms with van der Waals surface area (Å²) >= 11 is 0. The van der Waals surface area contributed by atoms with Crippen LogP contribution in [0, 0.1) is 46.3 Å².